The summed E-state index contributed by atoms with van der Waals surface area (Å²) in [7, 11) is 0. The van der Waals surface area contributed by atoms with Gasteiger partial charge in [-0.15, -0.1) is 0 Å². The molecule has 114 valence electrons. The average molecular weight is 277 g/mol. The van der Waals surface area contributed by atoms with Crippen molar-refractivity contribution in [2.24, 2.45) is 5.92 Å². The highest BCUT2D eigenvalue weighted by molar-refractivity contribution is 5.11. The molecule has 1 N–H and O–H groups in total. The highest BCUT2D eigenvalue weighted by Gasteiger charge is 2.38. The van der Waals surface area contributed by atoms with E-state index in [0.29, 0.717) is 6.04 Å². The molecule has 2 aliphatic rings. The van der Waals surface area contributed by atoms with Gasteiger partial charge in [-0.25, -0.2) is 0 Å². The van der Waals surface area contributed by atoms with E-state index in [-0.39, 0.29) is 5.54 Å². The Morgan fingerprint density at radius 2 is 2.05 bits per heavy atom. The third-order valence-electron chi connectivity index (χ3n) is 5.43. The first-order valence-electron chi connectivity index (χ1n) is 8.63. The molecule has 20 heavy (non-hydrogen) atoms. The molecule has 3 heteroatoms. The first-order chi connectivity index (χ1) is 9.73. The molecule has 0 radical (unpaired) electrons. The molecule has 3 atom stereocenters. The van der Waals surface area contributed by atoms with Gasteiger partial charge in [0.1, 0.15) is 5.54 Å². The number of nitrogens with zero attached hydrogens (tertiary/aromatic N) is 2. The molecule has 0 bridgehead atoms. The summed E-state index contributed by atoms with van der Waals surface area (Å²) in [6, 6.07) is 3.21. The van der Waals surface area contributed by atoms with Gasteiger partial charge in [0.2, 0.25) is 0 Å². The van der Waals surface area contributed by atoms with E-state index >= 15 is 0 Å². The van der Waals surface area contributed by atoms with E-state index in [0.717, 1.165) is 25.3 Å². The van der Waals surface area contributed by atoms with Crippen LogP contribution in [0.25, 0.3) is 0 Å². The Balaban J connectivity index is 1.96. The van der Waals surface area contributed by atoms with Crippen LogP contribution in [0.2, 0.25) is 0 Å². The van der Waals surface area contributed by atoms with Crippen molar-refractivity contribution in [1.29, 1.82) is 5.26 Å². The standard InChI is InChI=1S/C17H31N3/c1-3-15-7-6-11-20(12-9-15)16-8-5-10-17(13-16,14-18)19-4-2/h15-16,19H,3-13H2,1-2H3. The van der Waals surface area contributed by atoms with Gasteiger partial charge in [0.15, 0.2) is 0 Å². The third-order valence-corrected chi connectivity index (χ3v) is 5.43. The van der Waals surface area contributed by atoms with Crippen LogP contribution in [-0.4, -0.2) is 36.1 Å². The van der Waals surface area contributed by atoms with Crippen molar-refractivity contribution in [1.82, 2.24) is 10.2 Å². The van der Waals surface area contributed by atoms with Crippen molar-refractivity contribution in [3.8, 4) is 6.07 Å². The Morgan fingerprint density at radius 1 is 1.20 bits per heavy atom. The Kier molecular flexibility index (Phi) is 5.86. The monoisotopic (exact) mass is 277 g/mol. The summed E-state index contributed by atoms with van der Waals surface area (Å²) in [4.78, 5) is 2.69. The van der Waals surface area contributed by atoms with E-state index in [1.165, 1.54) is 51.6 Å². The second-order valence-corrected chi connectivity index (χ2v) is 6.72. The molecule has 2 fully saturated rings. The lowest BCUT2D eigenvalue weighted by molar-refractivity contribution is 0.123. The molecule has 0 spiro atoms. The number of nitriles is 1. The van der Waals surface area contributed by atoms with Crippen LogP contribution >= 0.6 is 0 Å². The molecule has 0 aromatic carbocycles. The normalized spacial score (nSPS) is 36.2. The maximum Gasteiger partial charge on any atom is 0.108 e. The first-order valence-corrected chi connectivity index (χ1v) is 8.63. The predicted octanol–water partition coefficient (Wildman–Crippen LogP) is 3.31. The number of nitrogens with one attached hydrogen (secondary N) is 1. The number of likely N-dealkylation sites (tertiary alicyclic amines) is 1. The third kappa shape index (κ3) is 3.74. The zero-order valence-electron chi connectivity index (χ0n) is 13.3. The summed E-state index contributed by atoms with van der Waals surface area (Å²) in [6.07, 6.45) is 9.95. The van der Waals surface area contributed by atoms with Crippen LogP contribution in [0.15, 0.2) is 0 Å². The van der Waals surface area contributed by atoms with Gasteiger partial charge in [-0.2, -0.15) is 5.26 Å². The highest BCUT2D eigenvalue weighted by atomic mass is 15.2. The summed E-state index contributed by atoms with van der Waals surface area (Å²) >= 11 is 0. The summed E-state index contributed by atoms with van der Waals surface area (Å²) in [5.41, 5.74) is -0.256. The van der Waals surface area contributed by atoms with Crippen molar-refractivity contribution in [2.45, 2.75) is 76.8 Å². The minimum atomic E-state index is -0.256. The summed E-state index contributed by atoms with van der Waals surface area (Å²) in [5, 5.41) is 13.1. The molecule has 1 aliphatic heterocycles. The van der Waals surface area contributed by atoms with Crippen LogP contribution in [0, 0.1) is 17.2 Å². The Bertz CT molecular complexity index is 332. The number of rotatable bonds is 4. The van der Waals surface area contributed by atoms with Gasteiger partial charge in [-0.1, -0.05) is 20.3 Å². The highest BCUT2D eigenvalue weighted by Crippen LogP contribution is 2.32. The summed E-state index contributed by atoms with van der Waals surface area (Å²) in [6.45, 7) is 7.83. The van der Waals surface area contributed by atoms with E-state index in [9.17, 15) is 5.26 Å². The van der Waals surface area contributed by atoms with Crippen LogP contribution in [0.1, 0.15) is 65.2 Å². The molecule has 3 nitrogen and oxygen atoms in total. The molecule has 1 heterocycles. The Labute approximate surface area is 124 Å². The zero-order valence-corrected chi connectivity index (χ0v) is 13.3. The lowest BCUT2D eigenvalue weighted by Crippen LogP contribution is -2.53. The second-order valence-electron chi connectivity index (χ2n) is 6.72. The van der Waals surface area contributed by atoms with Gasteiger partial charge in [-0.3, -0.25) is 5.32 Å². The SMILES string of the molecule is CCNC1(C#N)CCCC(N2CCCC(CC)CC2)C1. The summed E-state index contributed by atoms with van der Waals surface area (Å²) in [5.74, 6) is 0.929. The van der Waals surface area contributed by atoms with E-state index in [2.05, 4.69) is 30.1 Å². The molecule has 0 aromatic rings. The van der Waals surface area contributed by atoms with Crippen molar-refractivity contribution < 1.29 is 0 Å². The zero-order chi connectivity index (χ0) is 14.4. The van der Waals surface area contributed by atoms with Crippen LogP contribution in [0.5, 0.6) is 0 Å². The van der Waals surface area contributed by atoms with Crippen molar-refractivity contribution in [2.75, 3.05) is 19.6 Å². The van der Waals surface area contributed by atoms with Gasteiger partial charge in [0, 0.05) is 6.04 Å². The van der Waals surface area contributed by atoms with E-state index < -0.39 is 0 Å². The van der Waals surface area contributed by atoms with Crippen molar-refractivity contribution >= 4 is 0 Å². The van der Waals surface area contributed by atoms with Crippen LogP contribution in [-0.2, 0) is 0 Å². The molecule has 1 saturated carbocycles. The maximum atomic E-state index is 9.59. The molecule has 1 aliphatic carbocycles. The molecule has 1 saturated heterocycles. The fourth-order valence-electron chi connectivity index (χ4n) is 4.16. The molecular formula is C17H31N3. The average Bonchev–Trinajstić information content (AvgIpc) is 2.73. The smallest absolute Gasteiger partial charge is 0.108 e. The van der Waals surface area contributed by atoms with E-state index in [1.807, 2.05) is 0 Å². The quantitative estimate of drug-likeness (QED) is 0.857. The minimum absolute atomic E-state index is 0.256. The molecule has 3 unspecified atom stereocenters. The van der Waals surface area contributed by atoms with Crippen LogP contribution < -0.4 is 5.32 Å². The lowest BCUT2D eigenvalue weighted by atomic mass is 9.79. The van der Waals surface area contributed by atoms with Gasteiger partial charge >= 0.3 is 0 Å². The molecule has 0 aromatic heterocycles. The largest absolute Gasteiger partial charge is 0.300 e. The van der Waals surface area contributed by atoms with Crippen molar-refractivity contribution in [3.05, 3.63) is 0 Å². The Hall–Kier alpha value is -0.590. The van der Waals surface area contributed by atoms with Gasteiger partial charge in [0.25, 0.3) is 0 Å². The fourth-order valence-corrected chi connectivity index (χ4v) is 4.16. The maximum absolute atomic E-state index is 9.59. The second kappa shape index (κ2) is 7.43. The van der Waals surface area contributed by atoms with Gasteiger partial charge < -0.3 is 4.90 Å². The minimum Gasteiger partial charge on any atom is -0.300 e. The first kappa shape index (κ1) is 15.8. The van der Waals surface area contributed by atoms with Gasteiger partial charge in [-0.05, 0) is 70.5 Å². The lowest BCUT2D eigenvalue weighted by Gasteiger charge is -2.41. The Morgan fingerprint density at radius 3 is 2.75 bits per heavy atom. The number of hydrogen-bond donors (Lipinski definition) is 1. The molecule has 0 amide bonds. The predicted molar refractivity (Wildman–Crippen MR) is 83.5 cm³/mol. The van der Waals surface area contributed by atoms with Gasteiger partial charge in [0.05, 0.1) is 6.07 Å². The number of hydrogen-bond acceptors (Lipinski definition) is 3. The van der Waals surface area contributed by atoms with Crippen LogP contribution in [0.3, 0.4) is 0 Å². The fraction of sp³-hybridized carbons (Fsp3) is 0.941. The summed E-state index contributed by atoms with van der Waals surface area (Å²) < 4.78 is 0. The van der Waals surface area contributed by atoms with E-state index in [4.69, 9.17) is 0 Å². The van der Waals surface area contributed by atoms with Crippen molar-refractivity contribution in [3.63, 3.8) is 0 Å². The molecule has 2 rings (SSSR count). The molecular weight excluding hydrogens is 246 g/mol. The van der Waals surface area contributed by atoms with E-state index in [1.54, 1.807) is 0 Å². The van der Waals surface area contributed by atoms with Crippen LogP contribution in [0.4, 0.5) is 0 Å². The topological polar surface area (TPSA) is 39.1 Å².